The normalized spacial score (nSPS) is 14.8. The fraction of sp³-hybridized carbons (Fsp3) is 0.250. The third-order valence-corrected chi connectivity index (χ3v) is 3.67. The summed E-state index contributed by atoms with van der Waals surface area (Å²) in [5.41, 5.74) is 0.768. The largest absolute Gasteiger partial charge is 0.328 e. The van der Waals surface area contributed by atoms with E-state index >= 15 is 0 Å². The van der Waals surface area contributed by atoms with E-state index in [4.69, 9.17) is 17.0 Å². The Kier molecular flexibility index (Phi) is 2.95. The first kappa shape index (κ1) is 11.9. The van der Waals surface area contributed by atoms with Crippen LogP contribution in [0.4, 0.5) is 5.82 Å². The van der Waals surface area contributed by atoms with Crippen molar-refractivity contribution in [3.8, 4) is 0 Å². The minimum Gasteiger partial charge on any atom is -0.328 e. The van der Waals surface area contributed by atoms with Crippen LogP contribution in [0.1, 0.15) is 12.8 Å². The number of nitrogens with one attached hydrogen (secondary N) is 2. The molecule has 0 unspecified atom stereocenters. The predicted octanol–water partition coefficient (Wildman–Crippen LogP) is 3.84. The molecule has 0 amide bonds. The summed E-state index contributed by atoms with van der Waals surface area (Å²) in [5.74, 6) is 1.56. The minimum absolute atomic E-state index is 0.371. The van der Waals surface area contributed by atoms with Gasteiger partial charge >= 0.3 is 0 Å². The average molecular weight is 326 g/mol. The van der Waals surface area contributed by atoms with Gasteiger partial charge in [-0.2, -0.15) is 0 Å². The number of aromatic nitrogens is 2. The van der Waals surface area contributed by atoms with Gasteiger partial charge in [0.1, 0.15) is 16.8 Å². The maximum absolute atomic E-state index is 7.88. The number of anilines is 1. The number of amidine groups is 1. The van der Waals surface area contributed by atoms with E-state index in [-0.39, 0.29) is 0 Å². The zero-order valence-electron chi connectivity index (χ0n) is 9.37. The van der Waals surface area contributed by atoms with E-state index in [2.05, 4.69) is 31.2 Å². The van der Waals surface area contributed by atoms with Gasteiger partial charge in [-0.25, -0.2) is 9.97 Å². The van der Waals surface area contributed by atoms with Gasteiger partial charge in [0.05, 0.1) is 9.99 Å². The van der Waals surface area contributed by atoms with Crippen molar-refractivity contribution in [2.75, 3.05) is 5.32 Å². The highest BCUT2D eigenvalue weighted by molar-refractivity contribution is 9.10. The third-order valence-electron chi connectivity index (χ3n) is 2.86. The first-order valence-corrected chi connectivity index (χ1v) is 6.78. The number of pyridine rings is 2. The Morgan fingerprint density at radius 3 is 2.94 bits per heavy atom. The maximum atomic E-state index is 7.88. The highest BCUT2D eigenvalue weighted by atomic mass is 79.9. The standard InChI is InChI=1S/C12H10BrClN4/c13-8-3-7-5-16-10(14)4-9(7)17-12(8)18-11(15)6-1-2-6/h3-6H,1-2H2,(H2,15,17,18). The summed E-state index contributed by atoms with van der Waals surface area (Å²) >= 11 is 9.30. The quantitative estimate of drug-likeness (QED) is 0.501. The molecule has 0 aliphatic heterocycles. The summed E-state index contributed by atoms with van der Waals surface area (Å²) in [6.45, 7) is 0. The lowest BCUT2D eigenvalue weighted by atomic mass is 10.2. The highest BCUT2D eigenvalue weighted by Gasteiger charge is 2.27. The van der Waals surface area contributed by atoms with Crippen molar-refractivity contribution < 1.29 is 0 Å². The van der Waals surface area contributed by atoms with Gasteiger partial charge in [-0.05, 0) is 34.8 Å². The van der Waals surface area contributed by atoms with E-state index in [0.717, 1.165) is 28.2 Å². The Morgan fingerprint density at radius 1 is 1.44 bits per heavy atom. The molecule has 3 rings (SSSR count). The average Bonchev–Trinajstić information content (AvgIpc) is 3.14. The third kappa shape index (κ3) is 2.33. The molecule has 0 aromatic carbocycles. The molecular weight excluding hydrogens is 316 g/mol. The van der Waals surface area contributed by atoms with Gasteiger partial charge in [-0.1, -0.05) is 11.6 Å². The number of hydrogen-bond acceptors (Lipinski definition) is 3. The molecule has 1 aliphatic carbocycles. The first-order chi connectivity index (χ1) is 8.63. The van der Waals surface area contributed by atoms with Crippen LogP contribution in [0.5, 0.6) is 0 Å². The van der Waals surface area contributed by atoms with Crippen molar-refractivity contribution in [3.05, 3.63) is 28.0 Å². The summed E-state index contributed by atoms with van der Waals surface area (Å²) in [7, 11) is 0. The van der Waals surface area contributed by atoms with Crippen molar-refractivity contribution in [1.29, 1.82) is 5.41 Å². The van der Waals surface area contributed by atoms with Crippen LogP contribution < -0.4 is 5.32 Å². The number of fused-ring (bicyclic) bond motifs is 1. The molecule has 92 valence electrons. The van der Waals surface area contributed by atoms with Crippen LogP contribution in [0.2, 0.25) is 5.15 Å². The fourth-order valence-electron chi connectivity index (χ4n) is 1.71. The number of nitrogens with zero attached hydrogens (tertiary/aromatic N) is 2. The first-order valence-electron chi connectivity index (χ1n) is 5.61. The molecule has 0 saturated heterocycles. The van der Waals surface area contributed by atoms with Crippen molar-refractivity contribution in [2.45, 2.75) is 12.8 Å². The van der Waals surface area contributed by atoms with Crippen molar-refractivity contribution in [1.82, 2.24) is 9.97 Å². The smallest absolute Gasteiger partial charge is 0.146 e. The topological polar surface area (TPSA) is 61.7 Å². The van der Waals surface area contributed by atoms with Crippen molar-refractivity contribution in [2.24, 2.45) is 5.92 Å². The number of hydrogen-bond donors (Lipinski definition) is 2. The second kappa shape index (κ2) is 4.48. The zero-order chi connectivity index (χ0) is 12.7. The molecule has 1 aliphatic rings. The molecule has 6 heteroatoms. The van der Waals surface area contributed by atoms with Crippen molar-refractivity contribution >= 4 is 50.1 Å². The molecule has 2 aromatic heterocycles. The zero-order valence-corrected chi connectivity index (χ0v) is 11.7. The van der Waals surface area contributed by atoms with E-state index in [1.165, 1.54) is 0 Å². The van der Waals surface area contributed by atoms with Crippen molar-refractivity contribution in [3.63, 3.8) is 0 Å². The van der Waals surface area contributed by atoms with Gasteiger partial charge in [-0.15, -0.1) is 0 Å². The van der Waals surface area contributed by atoms with E-state index in [1.54, 1.807) is 12.3 Å². The monoisotopic (exact) mass is 324 g/mol. The summed E-state index contributed by atoms with van der Waals surface area (Å²) in [5, 5.41) is 12.3. The van der Waals surface area contributed by atoms with Gasteiger partial charge in [0.25, 0.3) is 0 Å². The van der Waals surface area contributed by atoms with Crippen LogP contribution in [0.15, 0.2) is 22.8 Å². The molecule has 0 bridgehead atoms. The Labute approximate surface area is 117 Å². The van der Waals surface area contributed by atoms with Crippen LogP contribution in [-0.4, -0.2) is 15.8 Å². The number of halogens is 2. The molecule has 2 N–H and O–H groups in total. The summed E-state index contributed by atoms with van der Waals surface area (Å²) in [6, 6.07) is 3.64. The molecule has 1 saturated carbocycles. The lowest BCUT2D eigenvalue weighted by molar-refractivity contribution is 1.14. The predicted molar refractivity (Wildman–Crippen MR) is 76.3 cm³/mol. The Bertz CT molecular complexity index is 639. The second-order valence-corrected chi connectivity index (χ2v) is 5.57. The van der Waals surface area contributed by atoms with Crippen LogP contribution in [-0.2, 0) is 0 Å². The summed E-state index contributed by atoms with van der Waals surface area (Å²) < 4.78 is 0.824. The molecule has 18 heavy (non-hydrogen) atoms. The fourth-order valence-corrected chi connectivity index (χ4v) is 2.29. The number of rotatable bonds is 2. The lowest BCUT2D eigenvalue weighted by Gasteiger charge is -2.09. The second-order valence-electron chi connectivity index (χ2n) is 4.33. The Balaban J connectivity index is 1.99. The van der Waals surface area contributed by atoms with Crippen LogP contribution >= 0.6 is 27.5 Å². The Morgan fingerprint density at radius 2 is 2.22 bits per heavy atom. The molecule has 4 nitrogen and oxygen atoms in total. The summed E-state index contributed by atoms with van der Waals surface area (Å²) in [4.78, 5) is 8.48. The van der Waals surface area contributed by atoms with E-state index < -0.39 is 0 Å². The molecule has 0 spiro atoms. The van der Waals surface area contributed by atoms with Crippen LogP contribution in [0.3, 0.4) is 0 Å². The highest BCUT2D eigenvalue weighted by Crippen LogP contribution is 2.32. The molecule has 0 atom stereocenters. The molecule has 2 heterocycles. The van der Waals surface area contributed by atoms with Gasteiger partial charge in [0, 0.05) is 23.6 Å². The Hall–Kier alpha value is -1.20. The molecule has 1 fully saturated rings. The maximum Gasteiger partial charge on any atom is 0.146 e. The van der Waals surface area contributed by atoms with Gasteiger partial charge in [0.15, 0.2) is 0 Å². The lowest BCUT2D eigenvalue weighted by Crippen LogP contribution is -2.14. The van der Waals surface area contributed by atoms with E-state index in [1.807, 2.05) is 6.07 Å². The van der Waals surface area contributed by atoms with E-state index in [9.17, 15) is 0 Å². The van der Waals surface area contributed by atoms with Gasteiger partial charge < -0.3 is 5.32 Å². The molecule has 0 radical (unpaired) electrons. The van der Waals surface area contributed by atoms with Crippen LogP contribution in [0.25, 0.3) is 10.9 Å². The SMILES string of the molecule is N=C(Nc1nc2cc(Cl)ncc2cc1Br)C1CC1. The minimum atomic E-state index is 0.371. The van der Waals surface area contributed by atoms with Crippen LogP contribution in [0, 0.1) is 11.3 Å². The molecule has 2 aromatic rings. The van der Waals surface area contributed by atoms with Gasteiger partial charge in [-0.3, -0.25) is 5.41 Å². The van der Waals surface area contributed by atoms with Gasteiger partial charge in [0.2, 0.25) is 0 Å². The molecular formula is C12H10BrClN4. The summed E-state index contributed by atoms with van der Waals surface area (Å²) in [6.07, 6.45) is 3.87. The van der Waals surface area contributed by atoms with E-state index in [0.29, 0.717) is 22.7 Å².